The molecule has 0 aliphatic heterocycles. The van der Waals surface area contributed by atoms with Crippen LogP contribution in [0.25, 0.3) is 11.1 Å². The second-order valence-corrected chi connectivity index (χ2v) is 3.84. The fraction of sp³-hybridized carbons (Fsp3) is 0. The van der Waals surface area contributed by atoms with Gasteiger partial charge in [-0.05, 0) is 29.3 Å². The molecule has 0 heterocycles. The van der Waals surface area contributed by atoms with Gasteiger partial charge in [0.1, 0.15) is 5.75 Å². The summed E-state index contributed by atoms with van der Waals surface area (Å²) < 4.78 is 0. The molecule has 0 bridgehead atoms. The molecule has 0 aromatic heterocycles. The summed E-state index contributed by atoms with van der Waals surface area (Å²) >= 11 is 0. The number of carboxylic acids is 1. The first-order valence-corrected chi connectivity index (χ1v) is 5.30. The summed E-state index contributed by atoms with van der Waals surface area (Å²) in [7, 11) is 0. The third kappa shape index (κ3) is 2.52. The van der Waals surface area contributed by atoms with E-state index in [1.807, 2.05) is 0 Å². The molecule has 6 nitrogen and oxygen atoms in total. The van der Waals surface area contributed by atoms with E-state index in [0.717, 1.165) is 6.07 Å². The lowest BCUT2D eigenvalue weighted by molar-refractivity contribution is -0.384. The van der Waals surface area contributed by atoms with E-state index in [-0.39, 0.29) is 17.0 Å². The summed E-state index contributed by atoms with van der Waals surface area (Å²) in [5.74, 6) is -1.19. The van der Waals surface area contributed by atoms with Gasteiger partial charge in [-0.25, -0.2) is 4.79 Å². The van der Waals surface area contributed by atoms with Crippen LogP contribution in [0.2, 0.25) is 0 Å². The van der Waals surface area contributed by atoms with Crippen molar-refractivity contribution in [3.63, 3.8) is 0 Å². The average Bonchev–Trinajstić information content (AvgIpc) is 2.38. The third-order valence-corrected chi connectivity index (χ3v) is 2.62. The van der Waals surface area contributed by atoms with Crippen LogP contribution in [0.15, 0.2) is 42.5 Å². The van der Waals surface area contributed by atoms with Crippen molar-refractivity contribution in [2.75, 3.05) is 0 Å². The van der Waals surface area contributed by atoms with Crippen LogP contribution in [-0.4, -0.2) is 21.1 Å². The molecular weight excluding hydrogens is 250 g/mol. The van der Waals surface area contributed by atoms with Crippen LogP contribution in [0, 0.1) is 10.1 Å². The number of hydrogen-bond donors (Lipinski definition) is 2. The molecule has 0 spiro atoms. The molecule has 0 amide bonds. The first-order valence-electron chi connectivity index (χ1n) is 5.30. The van der Waals surface area contributed by atoms with Gasteiger partial charge in [0.05, 0.1) is 10.5 Å². The van der Waals surface area contributed by atoms with Crippen molar-refractivity contribution in [2.24, 2.45) is 0 Å². The molecule has 2 rings (SSSR count). The standard InChI is InChI=1S/C13H9NO5/c15-10-4-1-8(2-5-10)11-6-3-9(14(18)19)7-12(11)13(16)17/h1-7,15H,(H,16,17). The van der Waals surface area contributed by atoms with Crippen molar-refractivity contribution in [3.8, 4) is 16.9 Å². The topological polar surface area (TPSA) is 101 Å². The summed E-state index contributed by atoms with van der Waals surface area (Å²) in [4.78, 5) is 21.2. The molecule has 0 unspecified atom stereocenters. The van der Waals surface area contributed by atoms with E-state index in [0.29, 0.717) is 11.1 Å². The molecule has 0 radical (unpaired) electrons. The van der Waals surface area contributed by atoms with E-state index in [2.05, 4.69) is 0 Å². The number of aromatic carboxylic acids is 1. The zero-order valence-corrected chi connectivity index (χ0v) is 9.61. The third-order valence-electron chi connectivity index (χ3n) is 2.62. The summed E-state index contributed by atoms with van der Waals surface area (Å²) in [5.41, 5.74) is 0.489. The molecule has 96 valence electrons. The molecule has 19 heavy (non-hydrogen) atoms. The first kappa shape index (κ1) is 12.6. The summed E-state index contributed by atoms with van der Waals surface area (Å²) in [5, 5.41) is 29.0. The Labute approximate surface area is 107 Å². The van der Waals surface area contributed by atoms with Crippen molar-refractivity contribution in [1.29, 1.82) is 0 Å². The van der Waals surface area contributed by atoms with Gasteiger partial charge in [-0.1, -0.05) is 12.1 Å². The molecule has 0 saturated carbocycles. The highest BCUT2D eigenvalue weighted by Gasteiger charge is 2.16. The first-order chi connectivity index (χ1) is 8.99. The number of non-ortho nitro benzene ring substituents is 1. The van der Waals surface area contributed by atoms with Crippen LogP contribution in [0.4, 0.5) is 5.69 Å². The Balaban J connectivity index is 2.59. The minimum absolute atomic E-state index is 0.0579. The lowest BCUT2D eigenvalue weighted by Crippen LogP contribution is -2.01. The second kappa shape index (κ2) is 4.77. The Morgan fingerprint density at radius 1 is 1.11 bits per heavy atom. The predicted molar refractivity (Wildman–Crippen MR) is 67.2 cm³/mol. The molecule has 2 N–H and O–H groups in total. The maximum absolute atomic E-state index is 11.2. The van der Waals surface area contributed by atoms with E-state index in [4.69, 9.17) is 5.11 Å². The monoisotopic (exact) mass is 259 g/mol. The molecule has 0 fully saturated rings. The largest absolute Gasteiger partial charge is 0.508 e. The van der Waals surface area contributed by atoms with E-state index in [1.54, 1.807) is 12.1 Å². The lowest BCUT2D eigenvalue weighted by atomic mass is 9.99. The van der Waals surface area contributed by atoms with Crippen molar-refractivity contribution >= 4 is 11.7 Å². The van der Waals surface area contributed by atoms with Crippen molar-refractivity contribution < 1.29 is 19.9 Å². The Morgan fingerprint density at radius 3 is 2.26 bits per heavy atom. The minimum atomic E-state index is -1.24. The number of hydrogen-bond acceptors (Lipinski definition) is 4. The van der Waals surface area contributed by atoms with Gasteiger partial charge in [0.15, 0.2) is 0 Å². The van der Waals surface area contributed by atoms with Crippen molar-refractivity contribution in [2.45, 2.75) is 0 Å². The highest BCUT2D eigenvalue weighted by Crippen LogP contribution is 2.28. The number of phenols is 1. The second-order valence-electron chi connectivity index (χ2n) is 3.84. The number of nitrogens with zero attached hydrogens (tertiary/aromatic N) is 1. The number of nitro groups is 1. The fourth-order valence-electron chi connectivity index (χ4n) is 1.72. The minimum Gasteiger partial charge on any atom is -0.508 e. The smallest absolute Gasteiger partial charge is 0.336 e. The van der Waals surface area contributed by atoms with Crippen LogP contribution in [-0.2, 0) is 0 Å². The summed E-state index contributed by atoms with van der Waals surface area (Å²) in [6.45, 7) is 0. The van der Waals surface area contributed by atoms with Crippen LogP contribution in [0.3, 0.4) is 0 Å². The highest BCUT2D eigenvalue weighted by atomic mass is 16.6. The molecule has 0 aliphatic carbocycles. The Morgan fingerprint density at radius 2 is 1.74 bits per heavy atom. The zero-order valence-electron chi connectivity index (χ0n) is 9.61. The maximum atomic E-state index is 11.2. The van der Waals surface area contributed by atoms with Crippen LogP contribution in [0.5, 0.6) is 5.75 Å². The Bertz CT molecular complexity index is 649. The Kier molecular flexibility index (Phi) is 3.15. The van der Waals surface area contributed by atoms with Gasteiger partial charge in [0.2, 0.25) is 0 Å². The average molecular weight is 259 g/mol. The van der Waals surface area contributed by atoms with Gasteiger partial charge in [0, 0.05) is 12.1 Å². The van der Waals surface area contributed by atoms with Gasteiger partial charge in [-0.15, -0.1) is 0 Å². The molecule has 6 heteroatoms. The molecule has 0 aliphatic rings. The van der Waals surface area contributed by atoms with E-state index >= 15 is 0 Å². The summed E-state index contributed by atoms with van der Waals surface area (Å²) in [6.07, 6.45) is 0. The quantitative estimate of drug-likeness (QED) is 0.651. The van der Waals surface area contributed by atoms with Crippen LogP contribution < -0.4 is 0 Å². The van der Waals surface area contributed by atoms with Gasteiger partial charge < -0.3 is 10.2 Å². The number of aromatic hydroxyl groups is 1. The normalized spacial score (nSPS) is 10.1. The van der Waals surface area contributed by atoms with Crippen molar-refractivity contribution in [3.05, 3.63) is 58.1 Å². The molecule has 2 aromatic carbocycles. The fourth-order valence-corrected chi connectivity index (χ4v) is 1.72. The van der Waals surface area contributed by atoms with Crippen LogP contribution in [0.1, 0.15) is 10.4 Å². The van der Waals surface area contributed by atoms with E-state index in [1.165, 1.54) is 24.3 Å². The predicted octanol–water partition coefficient (Wildman–Crippen LogP) is 2.67. The van der Waals surface area contributed by atoms with E-state index in [9.17, 15) is 20.0 Å². The molecular formula is C13H9NO5. The van der Waals surface area contributed by atoms with E-state index < -0.39 is 10.9 Å². The maximum Gasteiger partial charge on any atom is 0.336 e. The van der Waals surface area contributed by atoms with Gasteiger partial charge in [-0.2, -0.15) is 0 Å². The van der Waals surface area contributed by atoms with Crippen LogP contribution >= 0.6 is 0 Å². The number of nitro benzene ring substituents is 1. The zero-order chi connectivity index (χ0) is 14.0. The number of phenolic OH excluding ortho intramolecular Hbond substituents is 1. The SMILES string of the molecule is O=C(O)c1cc([N+](=O)[O-])ccc1-c1ccc(O)cc1. The lowest BCUT2D eigenvalue weighted by Gasteiger charge is -2.06. The Hall–Kier alpha value is -2.89. The number of carboxylic acid groups (broad SMARTS) is 1. The number of benzene rings is 2. The summed E-state index contributed by atoms with van der Waals surface area (Å²) in [6, 6.07) is 9.57. The van der Waals surface area contributed by atoms with Gasteiger partial charge >= 0.3 is 5.97 Å². The molecule has 0 saturated heterocycles. The molecule has 0 atom stereocenters. The highest BCUT2D eigenvalue weighted by molar-refractivity contribution is 5.96. The molecule has 2 aromatic rings. The van der Waals surface area contributed by atoms with Gasteiger partial charge in [-0.3, -0.25) is 10.1 Å². The number of rotatable bonds is 3. The van der Waals surface area contributed by atoms with Crippen molar-refractivity contribution in [1.82, 2.24) is 0 Å². The number of carbonyl (C=O) groups is 1. The van der Waals surface area contributed by atoms with Gasteiger partial charge in [0.25, 0.3) is 5.69 Å².